The van der Waals surface area contributed by atoms with Crippen molar-refractivity contribution in [3.8, 4) is 0 Å². The van der Waals surface area contributed by atoms with Gasteiger partial charge in [-0.3, -0.25) is 9.80 Å². The van der Waals surface area contributed by atoms with Gasteiger partial charge in [0.25, 0.3) is 0 Å². The predicted molar refractivity (Wildman–Crippen MR) is 160 cm³/mol. The zero-order valence-electron chi connectivity index (χ0n) is 22.4. The summed E-state index contributed by atoms with van der Waals surface area (Å²) in [6.07, 6.45) is 2.82. The van der Waals surface area contributed by atoms with Crippen LogP contribution in [0, 0.1) is 15.2 Å². The first-order valence-electron chi connectivity index (χ1n) is 13.3. The maximum absolute atomic E-state index is 14.8. The molecule has 1 aromatic heterocycles. The Balaban J connectivity index is 1.19. The summed E-state index contributed by atoms with van der Waals surface area (Å²) < 4.78 is 31.1. The van der Waals surface area contributed by atoms with Crippen molar-refractivity contribution in [2.24, 2.45) is 0 Å². The topological polar surface area (TPSA) is 60.7 Å². The molecule has 1 saturated heterocycles. The number of likely N-dealkylation sites (N-methyl/N-ethyl adjacent to an activating group) is 1. The molecule has 0 radical (unpaired) electrons. The number of hydrogen-bond acceptors (Lipinski definition) is 6. The van der Waals surface area contributed by atoms with Crippen molar-refractivity contribution >= 4 is 28.3 Å². The molecule has 4 aromatic rings. The van der Waals surface area contributed by atoms with Crippen LogP contribution < -0.4 is 4.90 Å². The Morgan fingerprint density at radius 1 is 1.00 bits per heavy atom. The second-order valence-corrected chi connectivity index (χ2v) is 11.6. The number of aliphatic hydroxyl groups is 1. The van der Waals surface area contributed by atoms with Crippen molar-refractivity contribution in [3.63, 3.8) is 0 Å². The molecule has 10 heteroatoms. The van der Waals surface area contributed by atoms with E-state index in [1.165, 1.54) is 38.2 Å². The van der Waals surface area contributed by atoms with Gasteiger partial charge in [0.1, 0.15) is 29.9 Å². The van der Waals surface area contributed by atoms with Gasteiger partial charge in [0.2, 0.25) is 0 Å². The summed E-state index contributed by atoms with van der Waals surface area (Å²) >= 11 is 2.41. The number of nitrogens with zero attached hydrogens (tertiary/aromatic N) is 6. The molecule has 1 unspecified atom stereocenters. The van der Waals surface area contributed by atoms with E-state index in [0.717, 1.165) is 50.4 Å². The highest BCUT2D eigenvalue weighted by Crippen LogP contribution is 2.28. The fourth-order valence-corrected chi connectivity index (χ4v) is 5.89. The highest BCUT2D eigenvalue weighted by Gasteiger charge is 2.35. The predicted octanol–water partition coefficient (Wildman–Crippen LogP) is 4.50. The smallest absolute Gasteiger partial charge is 0.137 e. The zero-order chi connectivity index (χ0) is 28.1. The Labute approximate surface area is 247 Å². The number of benzene rings is 3. The maximum Gasteiger partial charge on any atom is 0.137 e. The zero-order valence-corrected chi connectivity index (χ0v) is 24.6. The van der Waals surface area contributed by atoms with Gasteiger partial charge in [-0.25, -0.2) is 18.4 Å². The number of rotatable bonds is 10. The van der Waals surface area contributed by atoms with Crippen molar-refractivity contribution in [2.45, 2.75) is 25.2 Å². The first kappa shape index (κ1) is 28.6. The normalized spacial score (nSPS) is 15.9. The van der Waals surface area contributed by atoms with E-state index < -0.39 is 17.2 Å². The van der Waals surface area contributed by atoms with Gasteiger partial charge >= 0.3 is 0 Å². The molecule has 1 aliphatic rings. The lowest BCUT2D eigenvalue weighted by molar-refractivity contribution is -0.0175. The van der Waals surface area contributed by atoms with Gasteiger partial charge in [0.05, 0.1) is 6.54 Å². The fourth-order valence-electron chi connectivity index (χ4n) is 5.33. The molecule has 0 amide bonds. The lowest BCUT2D eigenvalue weighted by atomic mass is 9.92. The average molecular weight is 659 g/mol. The van der Waals surface area contributed by atoms with Crippen LogP contribution in [0.5, 0.6) is 0 Å². The summed E-state index contributed by atoms with van der Waals surface area (Å²) in [4.78, 5) is 10.8. The van der Waals surface area contributed by atoms with Crippen LogP contribution in [0.1, 0.15) is 16.7 Å². The molecule has 2 heterocycles. The molecule has 210 valence electrons. The minimum absolute atomic E-state index is 0.0196. The first-order chi connectivity index (χ1) is 19.3. The van der Waals surface area contributed by atoms with Gasteiger partial charge in [-0.2, -0.15) is 5.10 Å². The Hall–Kier alpha value is -2.93. The largest absolute Gasteiger partial charge is 0.382 e. The van der Waals surface area contributed by atoms with E-state index >= 15 is 0 Å². The lowest BCUT2D eigenvalue weighted by Crippen LogP contribution is -2.46. The highest BCUT2D eigenvalue weighted by molar-refractivity contribution is 14.1. The van der Waals surface area contributed by atoms with Crippen molar-refractivity contribution in [2.75, 3.05) is 44.7 Å². The van der Waals surface area contributed by atoms with Gasteiger partial charge < -0.3 is 10.0 Å². The summed E-state index contributed by atoms with van der Waals surface area (Å²) in [5, 5.41) is 15.7. The molecule has 7 nitrogen and oxygen atoms in total. The molecular weight excluding hydrogens is 625 g/mol. The molecule has 0 bridgehead atoms. The quantitative estimate of drug-likeness (QED) is 0.254. The number of piperazine rings is 1. The highest BCUT2D eigenvalue weighted by atomic mass is 127. The van der Waals surface area contributed by atoms with Crippen LogP contribution in [0.4, 0.5) is 14.5 Å². The molecular formula is C30H33F2IN6O. The molecule has 1 aliphatic heterocycles. The molecule has 5 rings (SSSR count). The van der Waals surface area contributed by atoms with Crippen molar-refractivity contribution in [1.29, 1.82) is 0 Å². The maximum atomic E-state index is 14.8. The molecule has 1 fully saturated rings. The van der Waals surface area contributed by atoms with Gasteiger partial charge in [0.15, 0.2) is 0 Å². The summed E-state index contributed by atoms with van der Waals surface area (Å²) in [6, 6.07) is 20.3. The number of aromatic nitrogens is 3. The van der Waals surface area contributed by atoms with Gasteiger partial charge in [0, 0.05) is 66.7 Å². The van der Waals surface area contributed by atoms with E-state index in [-0.39, 0.29) is 18.7 Å². The SMILES string of the molecule is CN(Cc1ccc(N2CCN(Cc3ccccc3I)CC2)cc1)CC(O)(Cn1cncn1)c1ccc(F)cc1F. The van der Waals surface area contributed by atoms with Gasteiger partial charge in [-0.15, -0.1) is 0 Å². The van der Waals surface area contributed by atoms with Crippen molar-refractivity contribution in [1.82, 2.24) is 24.6 Å². The second-order valence-electron chi connectivity index (χ2n) is 10.4. The van der Waals surface area contributed by atoms with E-state index in [4.69, 9.17) is 0 Å². The molecule has 40 heavy (non-hydrogen) atoms. The van der Waals surface area contributed by atoms with Crippen LogP contribution in [-0.2, 0) is 25.2 Å². The third kappa shape index (κ3) is 7.03. The monoisotopic (exact) mass is 658 g/mol. The molecule has 0 saturated carbocycles. The standard InChI is InChI=1S/C30H33F2IN6O/c1-36(19-30(40,20-39-22-34-21-35-39)27-11-8-25(31)16-28(27)32)17-23-6-9-26(10-7-23)38-14-12-37(13-15-38)18-24-4-2-3-5-29(24)33/h2-11,16,21-22,40H,12-15,17-20H2,1H3. The number of anilines is 1. The Morgan fingerprint density at radius 2 is 1.75 bits per heavy atom. The minimum Gasteiger partial charge on any atom is -0.382 e. The first-order valence-corrected chi connectivity index (χ1v) is 14.4. The van der Waals surface area contributed by atoms with E-state index in [1.54, 1.807) is 0 Å². The molecule has 3 aromatic carbocycles. The molecule has 0 aliphatic carbocycles. The Kier molecular flexibility index (Phi) is 9.09. The Morgan fingerprint density at radius 3 is 2.42 bits per heavy atom. The van der Waals surface area contributed by atoms with E-state index in [2.05, 4.69) is 91.0 Å². The summed E-state index contributed by atoms with van der Waals surface area (Å²) in [5.74, 6) is -1.48. The fraction of sp³-hybridized carbons (Fsp3) is 0.333. The summed E-state index contributed by atoms with van der Waals surface area (Å²) in [6.45, 7) is 5.59. The van der Waals surface area contributed by atoms with Crippen LogP contribution in [0.3, 0.4) is 0 Å². The molecule has 1 N–H and O–H groups in total. The van der Waals surface area contributed by atoms with Crippen LogP contribution in [-0.4, -0.2) is 69.4 Å². The summed E-state index contributed by atoms with van der Waals surface area (Å²) in [5.41, 5.74) is 2.02. The number of hydrogen-bond donors (Lipinski definition) is 1. The van der Waals surface area contributed by atoms with Crippen LogP contribution in [0.15, 0.2) is 79.4 Å². The molecule has 0 spiro atoms. The minimum atomic E-state index is -1.64. The third-order valence-corrected chi connectivity index (χ3v) is 8.38. The van der Waals surface area contributed by atoms with Crippen molar-refractivity contribution < 1.29 is 13.9 Å². The second kappa shape index (κ2) is 12.7. The third-order valence-electron chi connectivity index (χ3n) is 7.33. The van der Waals surface area contributed by atoms with E-state index in [9.17, 15) is 13.9 Å². The van der Waals surface area contributed by atoms with Crippen LogP contribution in [0.25, 0.3) is 0 Å². The van der Waals surface area contributed by atoms with E-state index in [0.29, 0.717) is 6.54 Å². The molecule has 1 atom stereocenters. The van der Waals surface area contributed by atoms with Gasteiger partial charge in [-0.05, 0) is 65.0 Å². The van der Waals surface area contributed by atoms with Crippen LogP contribution >= 0.6 is 22.6 Å². The lowest BCUT2D eigenvalue weighted by Gasteiger charge is -2.36. The van der Waals surface area contributed by atoms with Crippen LogP contribution in [0.2, 0.25) is 0 Å². The summed E-state index contributed by atoms with van der Waals surface area (Å²) in [7, 11) is 1.87. The van der Waals surface area contributed by atoms with E-state index in [1.807, 2.05) is 11.9 Å². The average Bonchev–Trinajstić information content (AvgIpc) is 3.43. The number of halogens is 3. The van der Waals surface area contributed by atoms with Gasteiger partial charge in [-0.1, -0.05) is 36.4 Å². The Bertz CT molecular complexity index is 1400. The van der Waals surface area contributed by atoms with Crippen molar-refractivity contribution in [3.05, 3.63) is 111 Å².